The number of benzene rings is 2. The first-order chi connectivity index (χ1) is 18.1. The van der Waals surface area contributed by atoms with Crippen molar-refractivity contribution in [1.82, 2.24) is 9.80 Å². The molecule has 0 unspecified atom stereocenters. The van der Waals surface area contributed by atoms with Crippen molar-refractivity contribution in [3.05, 3.63) is 59.2 Å². The fourth-order valence-corrected chi connectivity index (χ4v) is 4.75. The van der Waals surface area contributed by atoms with Crippen LogP contribution in [0.1, 0.15) is 48.2 Å². The minimum absolute atomic E-state index is 0.000279. The third-order valence-corrected chi connectivity index (χ3v) is 7.28. The van der Waals surface area contributed by atoms with E-state index in [4.69, 9.17) is 9.84 Å². The van der Waals surface area contributed by atoms with Crippen molar-refractivity contribution in [1.29, 1.82) is 0 Å². The van der Waals surface area contributed by atoms with E-state index in [0.717, 1.165) is 18.4 Å². The zero-order valence-electron chi connectivity index (χ0n) is 22.2. The molecule has 2 aromatic rings. The Morgan fingerprint density at radius 1 is 1.18 bits per heavy atom. The van der Waals surface area contributed by atoms with Crippen LogP contribution in [0.2, 0.25) is 0 Å². The average molecular weight is 524 g/mol. The summed E-state index contributed by atoms with van der Waals surface area (Å²) in [4.78, 5) is 40.6. The van der Waals surface area contributed by atoms with E-state index in [0.29, 0.717) is 36.6 Å². The lowest BCUT2D eigenvalue weighted by Gasteiger charge is -2.34. The van der Waals surface area contributed by atoms with Crippen LogP contribution in [-0.4, -0.2) is 76.7 Å². The Morgan fingerprint density at radius 3 is 2.53 bits per heavy atom. The summed E-state index contributed by atoms with van der Waals surface area (Å²) in [6, 6.07) is 11.9. The Labute approximate surface area is 223 Å². The van der Waals surface area contributed by atoms with Gasteiger partial charge in [-0.3, -0.25) is 14.5 Å². The SMILES string of the molecule is C[C@H](CO)N1C[C@H](C)[C@@H](CN(C)Cc2ccc(C(=O)O)cc2)Oc2ccc(NC(=O)C3CC3)cc2CC1=O. The maximum Gasteiger partial charge on any atom is 0.335 e. The number of hydrogen-bond acceptors (Lipinski definition) is 6. The molecule has 204 valence electrons. The quantitative estimate of drug-likeness (QED) is 0.462. The first kappa shape index (κ1) is 27.6. The molecular formula is C29H37N3O6. The van der Waals surface area contributed by atoms with Crippen LogP contribution in [0.5, 0.6) is 5.75 Å². The van der Waals surface area contributed by atoms with Gasteiger partial charge in [-0.15, -0.1) is 0 Å². The van der Waals surface area contributed by atoms with Crippen LogP contribution in [-0.2, 0) is 22.6 Å². The molecule has 3 N–H and O–H groups in total. The van der Waals surface area contributed by atoms with Crippen molar-refractivity contribution in [2.45, 2.75) is 51.8 Å². The van der Waals surface area contributed by atoms with Gasteiger partial charge in [-0.2, -0.15) is 0 Å². The minimum Gasteiger partial charge on any atom is -0.488 e. The standard InChI is InChI=1S/C29H37N3O6/c1-18-14-32(19(2)17-33)27(34)13-23-12-24(30-28(35)21-8-9-21)10-11-25(23)38-26(18)16-31(3)15-20-4-6-22(7-5-20)29(36)37/h4-7,10-12,18-19,21,26,33H,8-9,13-17H2,1-3H3,(H,30,35)(H,36,37)/t18-,19+,26+/m0/s1. The first-order valence-electron chi connectivity index (χ1n) is 13.2. The van der Waals surface area contributed by atoms with Gasteiger partial charge in [-0.25, -0.2) is 4.79 Å². The Hall–Kier alpha value is -3.43. The zero-order valence-corrected chi connectivity index (χ0v) is 22.2. The number of aliphatic hydroxyl groups excluding tert-OH is 1. The molecule has 2 aromatic carbocycles. The van der Waals surface area contributed by atoms with Crippen molar-refractivity contribution in [3.8, 4) is 5.75 Å². The molecule has 38 heavy (non-hydrogen) atoms. The van der Waals surface area contributed by atoms with Crippen molar-refractivity contribution >= 4 is 23.5 Å². The Morgan fingerprint density at radius 2 is 1.89 bits per heavy atom. The molecule has 2 aliphatic rings. The number of nitrogens with zero attached hydrogens (tertiary/aromatic N) is 2. The van der Waals surface area contributed by atoms with Crippen LogP contribution in [0, 0.1) is 11.8 Å². The maximum absolute atomic E-state index is 13.3. The van der Waals surface area contributed by atoms with Crippen molar-refractivity contribution in [2.75, 3.05) is 32.1 Å². The number of aromatic carboxylic acids is 1. The van der Waals surface area contributed by atoms with Gasteiger partial charge in [-0.1, -0.05) is 19.1 Å². The molecule has 1 fully saturated rings. The Balaban J connectivity index is 1.56. The summed E-state index contributed by atoms with van der Waals surface area (Å²) in [7, 11) is 1.98. The highest BCUT2D eigenvalue weighted by atomic mass is 16.5. The fourth-order valence-electron chi connectivity index (χ4n) is 4.75. The van der Waals surface area contributed by atoms with E-state index in [1.807, 2.05) is 51.2 Å². The van der Waals surface area contributed by atoms with Crippen LogP contribution >= 0.6 is 0 Å². The highest BCUT2D eigenvalue weighted by Gasteiger charge is 2.32. The van der Waals surface area contributed by atoms with Gasteiger partial charge in [0, 0.05) is 42.7 Å². The van der Waals surface area contributed by atoms with E-state index in [-0.39, 0.29) is 54.4 Å². The van der Waals surface area contributed by atoms with Gasteiger partial charge < -0.3 is 25.2 Å². The number of fused-ring (bicyclic) bond motifs is 1. The number of aliphatic hydroxyl groups is 1. The van der Waals surface area contributed by atoms with Gasteiger partial charge in [0.05, 0.1) is 24.6 Å². The van der Waals surface area contributed by atoms with Gasteiger partial charge >= 0.3 is 5.97 Å². The summed E-state index contributed by atoms with van der Waals surface area (Å²) in [6.45, 7) is 5.34. The molecule has 1 aliphatic carbocycles. The highest BCUT2D eigenvalue weighted by molar-refractivity contribution is 5.94. The van der Waals surface area contributed by atoms with Gasteiger partial charge in [0.15, 0.2) is 0 Å². The molecule has 0 aromatic heterocycles. The van der Waals surface area contributed by atoms with Crippen molar-refractivity contribution in [3.63, 3.8) is 0 Å². The number of amides is 2. The van der Waals surface area contributed by atoms with Gasteiger partial charge in [0.2, 0.25) is 11.8 Å². The van der Waals surface area contributed by atoms with E-state index >= 15 is 0 Å². The molecular weight excluding hydrogens is 486 g/mol. The van der Waals surface area contributed by atoms with Crippen LogP contribution in [0.15, 0.2) is 42.5 Å². The minimum atomic E-state index is -0.956. The average Bonchev–Trinajstić information content (AvgIpc) is 3.73. The summed E-state index contributed by atoms with van der Waals surface area (Å²) in [5.41, 5.74) is 2.57. The molecule has 9 heteroatoms. The summed E-state index contributed by atoms with van der Waals surface area (Å²) in [6.07, 6.45) is 1.66. The number of likely N-dealkylation sites (N-methyl/N-ethyl adjacent to an activating group) is 1. The number of hydrogen-bond donors (Lipinski definition) is 3. The number of carbonyl (C=O) groups excluding carboxylic acids is 2. The third kappa shape index (κ3) is 6.90. The molecule has 0 bridgehead atoms. The molecule has 0 radical (unpaired) electrons. The number of anilines is 1. The molecule has 3 atom stereocenters. The number of carbonyl (C=O) groups is 3. The maximum atomic E-state index is 13.3. The lowest BCUT2D eigenvalue weighted by atomic mass is 10.0. The normalized spacial score (nSPS) is 20.6. The molecule has 1 heterocycles. The van der Waals surface area contributed by atoms with Crippen molar-refractivity contribution in [2.24, 2.45) is 11.8 Å². The van der Waals surface area contributed by atoms with Gasteiger partial charge in [-0.05, 0) is 62.7 Å². The van der Waals surface area contributed by atoms with E-state index in [1.165, 1.54) is 0 Å². The molecule has 0 spiro atoms. The number of ether oxygens (including phenoxy) is 1. The van der Waals surface area contributed by atoms with Crippen LogP contribution in [0.3, 0.4) is 0 Å². The smallest absolute Gasteiger partial charge is 0.335 e. The summed E-state index contributed by atoms with van der Waals surface area (Å²) in [5, 5.41) is 21.9. The van der Waals surface area contributed by atoms with Gasteiger partial charge in [0.25, 0.3) is 0 Å². The molecule has 2 amide bonds. The predicted molar refractivity (Wildman–Crippen MR) is 143 cm³/mol. The van der Waals surface area contributed by atoms with E-state index in [1.54, 1.807) is 17.0 Å². The third-order valence-electron chi connectivity index (χ3n) is 7.28. The van der Waals surface area contributed by atoms with E-state index < -0.39 is 5.97 Å². The zero-order chi connectivity index (χ0) is 27.4. The van der Waals surface area contributed by atoms with Crippen LogP contribution in [0.4, 0.5) is 5.69 Å². The second-order valence-electron chi connectivity index (χ2n) is 10.7. The number of carboxylic acid groups (broad SMARTS) is 1. The summed E-state index contributed by atoms with van der Waals surface area (Å²) >= 11 is 0. The van der Waals surface area contributed by atoms with Crippen molar-refractivity contribution < 1.29 is 29.3 Å². The second-order valence-corrected chi connectivity index (χ2v) is 10.7. The fraction of sp³-hybridized carbons (Fsp3) is 0.483. The largest absolute Gasteiger partial charge is 0.488 e. The Bertz CT molecular complexity index is 1160. The number of carboxylic acids is 1. The van der Waals surface area contributed by atoms with Crippen LogP contribution in [0.25, 0.3) is 0 Å². The highest BCUT2D eigenvalue weighted by Crippen LogP contribution is 2.32. The first-order valence-corrected chi connectivity index (χ1v) is 13.2. The topological polar surface area (TPSA) is 119 Å². The summed E-state index contributed by atoms with van der Waals surface area (Å²) < 4.78 is 6.54. The molecule has 1 aliphatic heterocycles. The monoisotopic (exact) mass is 523 g/mol. The lowest BCUT2D eigenvalue weighted by Crippen LogP contribution is -2.47. The molecule has 4 rings (SSSR count). The molecule has 0 saturated heterocycles. The van der Waals surface area contributed by atoms with Crippen LogP contribution < -0.4 is 10.1 Å². The van der Waals surface area contributed by atoms with E-state index in [2.05, 4.69) is 10.2 Å². The number of nitrogens with one attached hydrogen (secondary N) is 1. The molecule has 9 nitrogen and oxygen atoms in total. The second kappa shape index (κ2) is 12.0. The summed E-state index contributed by atoms with van der Waals surface area (Å²) in [5.74, 6) is -0.410. The number of rotatable bonds is 9. The van der Waals surface area contributed by atoms with E-state index in [9.17, 15) is 19.5 Å². The predicted octanol–water partition coefficient (Wildman–Crippen LogP) is 3.01. The van der Waals surface area contributed by atoms with Gasteiger partial charge in [0.1, 0.15) is 11.9 Å². The molecule has 1 saturated carbocycles. The lowest BCUT2D eigenvalue weighted by molar-refractivity contribution is -0.134. The Kier molecular flexibility index (Phi) is 8.69.